The number of pyridine rings is 1. The van der Waals surface area contributed by atoms with Crippen molar-refractivity contribution in [2.75, 3.05) is 0 Å². The average molecular weight is 378 g/mol. The second-order valence-corrected chi connectivity index (χ2v) is 8.68. The Hall–Kier alpha value is -2.29. The molecule has 0 aliphatic rings. The molecule has 1 aromatic carbocycles. The Balaban J connectivity index is 0.000000209. The molecule has 28 heavy (non-hydrogen) atoms. The van der Waals surface area contributed by atoms with Gasteiger partial charge in [0.25, 0.3) is 0 Å². The van der Waals surface area contributed by atoms with Gasteiger partial charge in [-0.25, -0.2) is 0 Å². The molecule has 0 unspecified atom stereocenters. The Bertz CT molecular complexity index is 804. The number of rotatable bonds is 4. The molecule has 0 amide bonds. The number of fused-ring (bicyclic) bond motifs is 1. The van der Waals surface area contributed by atoms with E-state index in [1.165, 1.54) is 16.5 Å². The predicted octanol–water partition coefficient (Wildman–Crippen LogP) is 7.21. The third-order valence-electron chi connectivity index (χ3n) is 5.00. The van der Waals surface area contributed by atoms with Crippen molar-refractivity contribution in [1.82, 2.24) is 15.2 Å². The Kier molecular flexibility index (Phi) is 7.68. The lowest BCUT2D eigenvalue weighted by atomic mass is 9.97. The smallest absolute Gasteiger partial charge is 0.0750 e. The number of hydrogen-bond donors (Lipinski definition) is 0. The highest BCUT2D eigenvalue weighted by atomic mass is 15.1. The molecule has 3 heteroatoms. The lowest BCUT2D eigenvalue weighted by Gasteiger charge is -2.12. The second-order valence-electron chi connectivity index (χ2n) is 8.68. The second kappa shape index (κ2) is 9.77. The molecule has 0 spiro atoms. The van der Waals surface area contributed by atoms with Gasteiger partial charge in [0.05, 0.1) is 11.4 Å². The van der Waals surface area contributed by atoms with Gasteiger partial charge in [-0.05, 0) is 40.9 Å². The molecule has 3 nitrogen and oxygen atoms in total. The molecule has 0 aliphatic carbocycles. The standard InChI is InChI=1S/C13H17N3.C12H18/c1-8(2)12-10-5-6-14-7-11(10)13(9(3)4)16-15-12;1-9(2)11-5-7-12(8-6-11)10(3)4/h5-9H,1-4H3;5-10H,1-4H3. The largest absolute Gasteiger partial charge is 0.264 e. The summed E-state index contributed by atoms with van der Waals surface area (Å²) in [6, 6.07) is 11.0. The Morgan fingerprint density at radius 2 is 0.964 bits per heavy atom. The molecule has 3 rings (SSSR count). The van der Waals surface area contributed by atoms with E-state index in [2.05, 4.69) is 94.8 Å². The molecule has 2 aromatic heterocycles. The lowest BCUT2D eigenvalue weighted by Crippen LogP contribution is -2.03. The molecule has 3 aromatic rings. The summed E-state index contributed by atoms with van der Waals surface area (Å²) >= 11 is 0. The van der Waals surface area contributed by atoms with Crippen molar-refractivity contribution in [3.8, 4) is 0 Å². The van der Waals surface area contributed by atoms with Gasteiger partial charge in [-0.2, -0.15) is 10.2 Å². The maximum atomic E-state index is 4.35. The fourth-order valence-corrected chi connectivity index (χ4v) is 3.16. The summed E-state index contributed by atoms with van der Waals surface area (Å²) in [5, 5.41) is 11.0. The van der Waals surface area contributed by atoms with Crippen LogP contribution in [0.4, 0.5) is 0 Å². The van der Waals surface area contributed by atoms with Crippen molar-refractivity contribution in [1.29, 1.82) is 0 Å². The van der Waals surface area contributed by atoms with Crippen LogP contribution in [0.25, 0.3) is 10.8 Å². The topological polar surface area (TPSA) is 38.7 Å². The minimum atomic E-state index is 0.375. The maximum Gasteiger partial charge on any atom is 0.0750 e. The summed E-state index contributed by atoms with van der Waals surface area (Å²) in [5.41, 5.74) is 4.95. The van der Waals surface area contributed by atoms with Crippen LogP contribution >= 0.6 is 0 Å². The van der Waals surface area contributed by atoms with Crippen molar-refractivity contribution in [2.45, 2.75) is 79.1 Å². The van der Waals surface area contributed by atoms with Gasteiger partial charge in [-0.1, -0.05) is 79.7 Å². The van der Waals surface area contributed by atoms with E-state index in [4.69, 9.17) is 0 Å². The summed E-state index contributed by atoms with van der Waals surface area (Å²) in [6.07, 6.45) is 3.71. The van der Waals surface area contributed by atoms with Crippen LogP contribution in [0.1, 0.15) is 102 Å². The lowest BCUT2D eigenvalue weighted by molar-refractivity contribution is 0.749. The van der Waals surface area contributed by atoms with Gasteiger partial charge in [-0.3, -0.25) is 4.98 Å². The number of aromatic nitrogens is 3. The molecule has 0 N–H and O–H groups in total. The first-order valence-corrected chi connectivity index (χ1v) is 10.4. The zero-order valence-electron chi connectivity index (χ0n) is 18.7. The molecule has 0 fully saturated rings. The van der Waals surface area contributed by atoms with E-state index in [1.54, 1.807) is 0 Å². The zero-order chi connectivity index (χ0) is 20.8. The van der Waals surface area contributed by atoms with Crippen LogP contribution in [0.3, 0.4) is 0 Å². The molecule has 0 saturated heterocycles. The first-order valence-electron chi connectivity index (χ1n) is 10.4. The van der Waals surface area contributed by atoms with E-state index in [0.29, 0.717) is 23.7 Å². The zero-order valence-corrected chi connectivity index (χ0v) is 18.7. The van der Waals surface area contributed by atoms with Crippen molar-refractivity contribution in [3.63, 3.8) is 0 Å². The molecule has 0 saturated carbocycles. The summed E-state index contributed by atoms with van der Waals surface area (Å²) in [4.78, 5) is 4.19. The minimum absolute atomic E-state index is 0.375. The normalized spacial score (nSPS) is 11.4. The summed E-state index contributed by atoms with van der Waals surface area (Å²) in [5.74, 6) is 2.05. The van der Waals surface area contributed by atoms with Crippen LogP contribution in [0, 0.1) is 0 Å². The van der Waals surface area contributed by atoms with E-state index in [1.807, 2.05) is 18.5 Å². The van der Waals surface area contributed by atoms with Gasteiger partial charge < -0.3 is 0 Å². The van der Waals surface area contributed by atoms with Gasteiger partial charge in [0.15, 0.2) is 0 Å². The van der Waals surface area contributed by atoms with E-state index in [-0.39, 0.29) is 0 Å². The van der Waals surface area contributed by atoms with Gasteiger partial charge in [0.2, 0.25) is 0 Å². The highest BCUT2D eigenvalue weighted by Gasteiger charge is 2.13. The predicted molar refractivity (Wildman–Crippen MR) is 120 cm³/mol. The van der Waals surface area contributed by atoms with Crippen molar-refractivity contribution < 1.29 is 0 Å². The van der Waals surface area contributed by atoms with Crippen LogP contribution in [0.2, 0.25) is 0 Å². The molecule has 0 bridgehead atoms. The van der Waals surface area contributed by atoms with Gasteiger partial charge in [0.1, 0.15) is 0 Å². The van der Waals surface area contributed by atoms with E-state index < -0.39 is 0 Å². The van der Waals surface area contributed by atoms with E-state index in [0.717, 1.165) is 16.8 Å². The van der Waals surface area contributed by atoms with E-state index >= 15 is 0 Å². The Morgan fingerprint density at radius 3 is 1.36 bits per heavy atom. The highest BCUT2D eigenvalue weighted by molar-refractivity contribution is 5.86. The van der Waals surface area contributed by atoms with Gasteiger partial charge in [-0.15, -0.1) is 0 Å². The van der Waals surface area contributed by atoms with Crippen LogP contribution in [-0.4, -0.2) is 15.2 Å². The molecule has 0 atom stereocenters. The Labute approximate surface area is 170 Å². The van der Waals surface area contributed by atoms with Crippen LogP contribution in [0.15, 0.2) is 42.7 Å². The van der Waals surface area contributed by atoms with Crippen LogP contribution < -0.4 is 0 Å². The SMILES string of the molecule is CC(C)c1ccc(C(C)C)cc1.CC(C)c1nnc(C(C)C)c2cnccc12. The fourth-order valence-electron chi connectivity index (χ4n) is 3.16. The molecular formula is C25H35N3. The first-order chi connectivity index (χ1) is 13.2. The minimum Gasteiger partial charge on any atom is -0.264 e. The molecule has 0 radical (unpaired) electrons. The number of nitrogens with zero attached hydrogens (tertiary/aromatic N) is 3. The molecule has 0 aliphatic heterocycles. The summed E-state index contributed by atoms with van der Waals surface area (Å²) in [6.45, 7) is 17.4. The monoisotopic (exact) mass is 377 g/mol. The van der Waals surface area contributed by atoms with E-state index in [9.17, 15) is 0 Å². The third-order valence-corrected chi connectivity index (χ3v) is 5.00. The van der Waals surface area contributed by atoms with Crippen molar-refractivity contribution in [2.24, 2.45) is 0 Å². The average Bonchev–Trinajstić information content (AvgIpc) is 2.67. The van der Waals surface area contributed by atoms with Crippen molar-refractivity contribution in [3.05, 3.63) is 65.2 Å². The first kappa shape index (κ1) is 22.0. The van der Waals surface area contributed by atoms with Crippen molar-refractivity contribution >= 4 is 10.8 Å². The van der Waals surface area contributed by atoms with Crippen LogP contribution in [0.5, 0.6) is 0 Å². The summed E-state index contributed by atoms with van der Waals surface area (Å²) < 4.78 is 0. The number of hydrogen-bond acceptors (Lipinski definition) is 3. The number of benzene rings is 1. The quantitative estimate of drug-likeness (QED) is 0.482. The molecule has 2 heterocycles. The van der Waals surface area contributed by atoms with Crippen LogP contribution in [-0.2, 0) is 0 Å². The van der Waals surface area contributed by atoms with Gasteiger partial charge in [0, 0.05) is 23.2 Å². The summed E-state index contributed by atoms with van der Waals surface area (Å²) in [7, 11) is 0. The highest BCUT2D eigenvalue weighted by Crippen LogP contribution is 2.27. The third kappa shape index (κ3) is 5.37. The van der Waals surface area contributed by atoms with Gasteiger partial charge >= 0.3 is 0 Å². The fraction of sp³-hybridized carbons (Fsp3) is 0.480. The molecular weight excluding hydrogens is 342 g/mol. The molecule has 150 valence electrons. The Morgan fingerprint density at radius 1 is 0.536 bits per heavy atom. The maximum absolute atomic E-state index is 4.35.